The Kier molecular flexibility index (Phi) is 1.76. The van der Waals surface area contributed by atoms with Crippen molar-refractivity contribution in [2.45, 2.75) is 0 Å². The van der Waals surface area contributed by atoms with Crippen molar-refractivity contribution in [3.63, 3.8) is 0 Å². The maximum atomic E-state index is 9.81. The number of H-pyrrole nitrogens is 1. The lowest BCUT2D eigenvalue weighted by Crippen LogP contribution is -1.68. The van der Waals surface area contributed by atoms with E-state index in [-0.39, 0.29) is 0 Å². The molecule has 0 saturated carbocycles. The van der Waals surface area contributed by atoms with Crippen molar-refractivity contribution in [3.8, 4) is 5.75 Å². The smallest absolute Gasteiger partial charge is 0.125 e. The van der Waals surface area contributed by atoms with Gasteiger partial charge in [-0.1, -0.05) is 22.0 Å². The minimum Gasteiger partial charge on any atom is -0.507 e. The molecule has 0 spiro atoms. The van der Waals surface area contributed by atoms with Crippen LogP contribution in [0.3, 0.4) is 0 Å². The number of fused-ring (bicyclic) bond motifs is 3. The van der Waals surface area contributed by atoms with E-state index in [2.05, 4.69) is 20.9 Å². The Morgan fingerprint density at radius 2 is 1.93 bits per heavy atom. The van der Waals surface area contributed by atoms with Crippen LogP contribution in [-0.4, -0.2) is 10.1 Å². The second-order valence-corrected chi connectivity index (χ2v) is 4.43. The van der Waals surface area contributed by atoms with Gasteiger partial charge in [0.25, 0.3) is 0 Å². The zero-order chi connectivity index (χ0) is 10.4. The first-order chi connectivity index (χ1) is 7.25. The van der Waals surface area contributed by atoms with Crippen LogP contribution in [0.1, 0.15) is 0 Å². The van der Waals surface area contributed by atoms with Crippen molar-refractivity contribution in [1.29, 1.82) is 0 Å². The predicted molar refractivity (Wildman–Crippen MR) is 65.2 cm³/mol. The monoisotopic (exact) mass is 261 g/mol. The van der Waals surface area contributed by atoms with Crippen LogP contribution >= 0.6 is 15.9 Å². The molecule has 0 atom stereocenters. The first-order valence-electron chi connectivity index (χ1n) is 4.64. The number of hydrogen-bond donors (Lipinski definition) is 2. The van der Waals surface area contributed by atoms with Crippen molar-refractivity contribution >= 4 is 37.7 Å². The summed E-state index contributed by atoms with van der Waals surface area (Å²) in [5, 5.41) is 11.7. The standard InChI is InChI=1S/C12H8BrNO/c13-7-4-5-9-8(6-7)12-10(14-9)2-1-3-11(12)15/h1-6,14-15H. The van der Waals surface area contributed by atoms with Crippen LogP contribution < -0.4 is 0 Å². The van der Waals surface area contributed by atoms with E-state index in [1.807, 2.05) is 30.3 Å². The van der Waals surface area contributed by atoms with Crippen molar-refractivity contribution in [2.75, 3.05) is 0 Å². The highest BCUT2D eigenvalue weighted by atomic mass is 79.9. The van der Waals surface area contributed by atoms with Crippen LogP contribution in [0.2, 0.25) is 0 Å². The second-order valence-electron chi connectivity index (χ2n) is 3.51. The van der Waals surface area contributed by atoms with Crippen LogP contribution in [0.5, 0.6) is 5.75 Å². The summed E-state index contributed by atoms with van der Waals surface area (Å²) in [6.07, 6.45) is 0. The summed E-state index contributed by atoms with van der Waals surface area (Å²) in [6.45, 7) is 0. The van der Waals surface area contributed by atoms with Gasteiger partial charge in [-0.3, -0.25) is 0 Å². The molecule has 3 aromatic rings. The highest BCUT2D eigenvalue weighted by Gasteiger charge is 2.07. The predicted octanol–water partition coefficient (Wildman–Crippen LogP) is 3.79. The number of nitrogens with one attached hydrogen (secondary N) is 1. The Morgan fingerprint density at radius 1 is 1.07 bits per heavy atom. The molecule has 2 N–H and O–H groups in total. The molecule has 1 aromatic heterocycles. The molecule has 0 fully saturated rings. The number of phenols is 1. The molecule has 3 rings (SSSR count). The summed E-state index contributed by atoms with van der Waals surface area (Å²) in [6, 6.07) is 11.5. The molecule has 0 aliphatic rings. The number of aromatic nitrogens is 1. The number of hydrogen-bond acceptors (Lipinski definition) is 1. The SMILES string of the molecule is Oc1cccc2[nH]c3ccc(Br)cc3c12. The highest BCUT2D eigenvalue weighted by Crippen LogP contribution is 2.33. The maximum absolute atomic E-state index is 9.81. The van der Waals surface area contributed by atoms with Gasteiger partial charge in [0.15, 0.2) is 0 Å². The van der Waals surface area contributed by atoms with E-state index < -0.39 is 0 Å². The molecule has 15 heavy (non-hydrogen) atoms. The molecule has 0 radical (unpaired) electrons. The summed E-state index contributed by atoms with van der Waals surface area (Å²) in [4.78, 5) is 3.27. The maximum Gasteiger partial charge on any atom is 0.125 e. The van der Waals surface area contributed by atoms with Gasteiger partial charge in [-0.25, -0.2) is 0 Å². The second kappa shape index (κ2) is 3.00. The zero-order valence-electron chi connectivity index (χ0n) is 7.79. The molecule has 0 aliphatic carbocycles. The van der Waals surface area contributed by atoms with E-state index in [9.17, 15) is 5.11 Å². The van der Waals surface area contributed by atoms with Crippen molar-refractivity contribution in [1.82, 2.24) is 4.98 Å². The molecule has 0 bridgehead atoms. The third-order valence-corrected chi connectivity index (χ3v) is 3.06. The van der Waals surface area contributed by atoms with Gasteiger partial charge >= 0.3 is 0 Å². The van der Waals surface area contributed by atoms with Gasteiger partial charge in [0, 0.05) is 20.8 Å². The largest absolute Gasteiger partial charge is 0.507 e. The molecule has 0 amide bonds. The number of benzene rings is 2. The van der Waals surface area contributed by atoms with Crippen LogP contribution in [0, 0.1) is 0 Å². The molecule has 74 valence electrons. The lowest BCUT2D eigenvalue weighted by atomic mass is 10.1. The van der Waals surface area contributed by atoms with Gasteiger partial charge in [0.2, 0.25) is 0 Å². The first-order valence-corrected chi connectivity index (χ1v) is 5.44. The van der Waals surface area contributed by atoms with E-state index >= 15 is 0 Å². The molecule has 0 aliphatic heterocycles. The topological polar surface area (TPSA) is 36.0 Å². The van der Waals surface area contributed by atoms with Gasteiger partial charge in [-0.15, -0.1) is 0 Å². The number of rotatable bonds is 0. The summed E-state index contributed by atoms with van der Waals surface area (Å²) >= 11 is 3.43. The Hall–Kier alpha value is -1.48. The van der Waals surface area contributed by atoms with E-state index in [0.717, 1.165) is 26.3 Å². The van der Waals surface area contributed by atoms with Gasteiger partial charge < -0.3 is 10.1 Å². The quantitative estimate of drug-likeness (QED) is 0.635. The lowest BCUT2D eigenvalue weighted by molar-refractivity contribution is 0.482. The molecule has 0 unspecified atom stereocenters. The average molecular weight is 262 g/mol. The van der Waals surface area contributed by atoms with Crippen molar-refractivity contribution < 1.29 is 5.11 Å². The molecular formula is C12H8BrNO. The highest BCUT2D eigenvalue weighted by molar-refractivity contribution is 9.10. The summed E-state index contributed by atoms with van der Waals surface area (Å²) in [7, 11) is 0. The first kappa shape index (κ1) is 8.80. The summed E-state index contributed by atoms with van der Waals surface area (Å²) in [5.41, 5.74) is 2.00. The minimum absolute atomic E-state index is 0.317. The van der Waals surface area contributed by atoms with E-state index in [4.69, 9.17) is 0 Å². The Balaban J connectivity index is 2.61. The number of aromatic amines is 1. The fourth-order valence-corrected chi connectivity index (χ4v) is 2.27. The lowest BCUT2D eigenvalue weighted by Gasteiger charge is -1.95. The van der Waals surface area contributed by atoms with E-state index in [1.54, 1.807) is 6.07 Å². The normalized spacial score (nSPS) is 11.3. The molecule has 2 aromatic carbocycles. The fraction of sp³-hybridized carbons (Fsp3) is 0. The van der Waals surface area contributed by atoms with E-state index in [0.29, 0.717) is 5.75 Å². The summed E-state index contributed by atoms with van der Waals surface area (Å²) in [5.74, 6) is 0.317. The molecule has 0 saturated heterocycles. The fourth-order valence-electron chi connectivity index (χ4n) is 1.90. The molecular weight excluding hydrogens is 254 g/mol. The number of halogens is 1. The van der Waals surface area contributed by atoms with Gasteiger partial charge in [-0.05, 0) is 30.3 Å². The van der Waals surface area contributed by atoms with Crippen LogP contribution in [0.4, 0.5) is 0 Å². The van der Waals surface area contributed by atoms with E-state index in [1.165, 1.54) is 0 Å². The zero-order valence-corrected chi connectivity index (χ0v) is 9.38. The van der Waals surface area contributed by atoms with Gasteiger partial charge in [-0.2, -0.15) is 0 Å². The molecule has 3 heteroatoms. The summed E-state index contributed by atoms with van der Waals surface area (Å²) < 4.78 is 1.01. The van der Waals surface area contributed by atoms with Gasteiger partial charge in [0.1, 0.15) is 5.75 Å². The molecule has 1 heterocycles. The molecule has 2 nitrogen and oxygen atoms in total. The Morgan fingerprint density at radius 3 is 2.80 bits per heavy atom. The Bertz CT molecular complexity index is 657. The van der Waals surface area contributed by atoms with Crippen LogP contribution in [0.25, 0.3) is 21.8 Å². The number of phenolic OH excluding ortho intramolecular Hbond substituents is 1. The van der Waals surface area contributed by atoms with Crippen LogP contribution in [-0.2, 0) is 0 Å². The Labute approximate surface area is 94.7 Å². The van der Waals surface area contributed by atoms with Crippen molar-refractivity contribution in [2.24, 2.45) is 0 Å². The third-order valence-electron chi connectivity index (χ3n) is 2.56. The van der Waals surface area contributed by atoms with Crippen LogP contribution in [0.15, 0.2) is 40.9 Å². The number of aromatic hydroxyl groups is 1. The average Bonchev–Trinajstić information content (AvgIpc) is 2.57. The van der Waals surface area contributed by atoms with Crippen molar-refractivity contribution in [3.05, 3.63) is 40.9 Å². The minimum atomic E-state index is 0.317. The van der Waals surface area contributed by atoms with Gasteiger partial charge in [0.05, 0.1) is 5.52 Å². The third kappa shape index (κ3) is 1.23.